The SMILES string of the molecule is CCCO[C@](C)(CC)C(=O)Nc1ccc(OC(C)C)c(C(=O)OCC)c1. The number of hydrogen-bond donors (Lipinski definition) is 1. The smallest absolute Gasteiger partial charge is 0.341 e. The van der Waals surface area contributed by atoms with Crippen molar-refractivity contribution in [3.05, 3.63) is 23.8 Å². The standard InChI is InChI=1S/C20H31NO5/c1-7-12-25-20(6,8-2)19(23)21-15-10-11-17(26-14(4)5)16(13-15)18(22)24-9-3/h10-11,13-14H,7-9,12H2,1-6H3,(H,21,23)/t20-/m1/s1. The van der Waals surface area contributed by atoms with Gasteiger partial charge < -0.3 is 19.5 Å². The van der Waals surface area contributed by atoms with Crippen molar-refractivity contribution < 1.29 is 23.8 Å². The molecule has 1 atom stereocenters. The van der Waals surface area contributed by atoms with Crippen LogP contribution in [-0.2, 0) is 14.3 Å². The van der Waals surface area contributed by atoms with Crippen LogP contribution in [0.1, 0.15) is 64.7 Å². The minimum absolute atomic E-state index is 0.0885. The summed E-state index contributed by atoms with van der Waals surface area (Å²) in [5.74, 6) is -0.308. The number of amides is 1. The molecule has 0 aliphatic rings. The molecule has 0 unspecified atom stereocenters. The average Bonchev–Trinajstić information content (AvgIpc) is 2.60. The topological polar surface area (TPSA) is 73.9 Å². The molecule has 0 aliphatic carbocycles. The van der Waals surface area contributed by atoms with Crippen LogP contribution in [0.5, 0.6) is 5.75 Å². The molecule has 1 aromatic carbocycles. The van der Waals surface area contributed by atoms with Crippen molar-refractivity contribution in [2.75, 3.05) is 18.5 Å². The van der Waals surface area contributed by atoms with Crippen molar-refractivity contribution in [3.8, 4) is 5.75 Å². The van der Waals surface area contributed by atoms with Crippen LogP contribution in [0.15, 0.2) is 18.2 Å². The highest BCUT2D eigenvalue weighted by Gasteiger charge is 2.32. The molecule has 0 bridgehead atoms. The van der Waals surface area contributed by atoms with E-state index in [4.69, 9.17) is 14.2 Å². The number of carbonyl (C=O) groups is 2. The van der Waals surface area contributed by atoms with E-state index < -0.39 is 11.6 Å². The van der Waals surface area contributed by atoms with Gasteiger partial charge in [-0.15, -0.1) is 0 Å². The second-order valence-electron chi connectivity index (χ2n) is 6.49. The minimum Gasteiger partial charge on any atom is -0.490 e. The van der Waals surface area contributed by atoms with Crippen LogP contribution < -0.4 is 10.1 Å². The Balaban J connectivity index is 3.07. The normalized spacial score (nSPS) is 13.2. The van der Waals surface area contributed by atoms with E-state index in [1.807, 2.05) is 27.7 Å². The summed E-state index contributed by atoms with van der Waals surface area (Å²) >= 11 is 0. The molecule has 0 aromatic heterocycles. The summed E-state index contributed by atoms with van der Waals surface area (Å²) in [6.07, 6.45) is 1.28. The summed E-state index contributed by atoms with van der Waals surface area (Å²) in [6, 6.07) is 4.94. The fraction of sp³-hybridized carbons (Fsp3) is 0.600. The second kappa shape index (κ2) is 10.2. The van der Waals surface area contributed by atoms with Crippen LogP contribution in [0.25, 0.3) is 0 Å². The van der Waals surface area contributed by atoms with Gasteiger partial charge in [-0.05, 0) is 58.7 Å². The first-order chi connectivity index (χ1) is 12.3. The molecule has 0 spiro atoms. The fourth-order valence-corrected chi connectivity index (χ4v) is 2.25. The Bertz CT molecular complexity index is 614. The van der Waals surface area contributed by atoms with Crippen LogP contribution in [0.3, 0.4) is 0 Å². The van der Waals surface area contributed by atoms with Gasteiger partial charge in [0, 0.05) is 12.3 Å². The molecule has 0 fully saturated rings. The number of carbonyl (C=O) groups excluding carboxylic acids is 2. The van der Waals surface area contributed by atoms with Crippen LogP contribution >= 0.6 is 0 Å². The molecule has 0 radical (unpaired) electrons. The largest absolute Gasteiger partial charge is 0.490 e. The van der Waals surface area contributed by atoms with E-state index in [1.54, 1.807) is 32.0 Å². The number of rotatable bonds is 10. The van der Waals surface area contributed by atoms with Crippen molar-refractivity contribution in [1.82, 2.24) is 0 Å². The molecule has 26 heavy (non-hydrogen) atoms. The maximum atomic E-state index is 12.7. The van der Waals surface area contributed by atoms with Crippen molar-refractivity contribution in [1.29, 1.82) is 0 Å². The predicted molar refractivity (Wildman–Crippen MR) is 102 cm³/mol. The zero-order valence-corrected chi connectivity index (χ0v) is 16.7. The van der Waals surface area contributed by atoms with Gasteiger partial charge in [-0.1, -0.05) is 13.8 Å². The summed E-state index contributed by atoms with van der Waals surface area (Å²) in [6.45, 7) is 11.9. The molecular weight excluding hydrogens is 334 g/mol. The highest BCUT2D eigenvalue weighted by molar-refractivity contribution is 5.99. The Kier molecular flexibility index (Phi) is 8.58. The number of esters is 1. The summed E-state index contributed by atoms with van der Waals surface area (Å²) in [5, 5.41) is 2.83. The molecule has 1 rings (SSSR count). The van der Waals surface area contributed by atoms with Gasteiger partial charge in [0.25, 0.3) is 5.91 Å². The highest BCUT2D eigenvalue weighted by atomic mass is 16.5. The lowest BCUT2D eigenvalue weighted by Gasteiger charge is -2.27. The molecular formula is C20H31NO5. The Labute approximate surface area is 156 Å². The maximum Gasteiger partial charge on any atom is 0.341 e. The van der Waals surface area contributed by atoms with E-state index in [2.05, 4.69) is 5.32 Å². The Morgan fingerprint density at radius 3 is 2.42 bits per heavy atom. The van der Waals surface area contributed by atoms with E-state index in [1.165, 1.54) is 0 Å². The lowest BCUT2D eigenvalue weighted by molar-refractivity contribution is -0.139. The molecule has 146 valence electrons. The summed E-state index contributed by atoms with van der Waals surface area (Å²) in [5.41, 5.74) is -0.146. The zero-order chi connectivity index (χ0) is 19.7. The molecule has 0 heterocycles. The third-order valence-corrected chi connectivity index (χ3v) is 3.88. The lowest BCUT2D eigenvalue weighted by atomic mass is 10.0. The van der Waals surface area contributed by atoms with Gasteiger partial charge in [0.2, 0.25) is 0 Å². The molecule has 0 saturated carbocycles. The van der Waals surface area contributed by atoms with Gasteiger partial charge in [0.15, 0.2) is 0 Å². The quantitative estimate of drug-likeness (QED) is 0.630. The highest BCUT2D eigenvalue weighted by Crippen LogP contribution is 2.26. The van der Waals surface area contributed by atoms with Crippen LogP contribution in [0.4, 0.5) is 5.69 Å². The first-order valence-electron chi connectivity index (χ1n) is 9.20. The summed E-state index contributed by atoms with van der Waals surface area (Å²) in [4.78, 5) is 24.9. The van der Waals surface area contributed by atoms with Gasteiger partial charge in [-0.3, -0.25) is 4.79 Å². The molecule has 1 aromatic rings. The summed E-state index contributed by atoms with van der Waals surface area (Å²) in [7, 11) is 0. The molecule has 1 amide bonds. The van der Waals surface area contributed by atoms with Crippen molar-refractivity contribution in [2.24, 2.45) is 0 Å². The number of hydrogen-bond acceptors (Lipinski definition) is 5. The van der Waals surface area contributed by atoms with E-state index in [0.717, 1.165) is 6.42 Å². The van der Waals surface area contributed by atoms with Crippen molar-refractivity contribution in [3.63, 3.8) is 0 Å². The van der Waals surface area contributed by atoms with Crippen molar-refractivity contribution in [2.45, 2.75) is 66.1 Å². The van der Waals surface area contributed by atoms with Gasteiger partial charge in [0.1, 0.15) is 16.9 Å². The number of benzene rings is 1. The van der Waals surface area contributed by atoms with Crippen LogP contribution in [-0.4, -0.2) is 36.8 Å². The van der Waals surface area contributed by atoms with E-state index in [-0.39, 0.29) is 24.2 Å². The van der Waals surface area contributed by atoms with Gasteiger partial charge in [-0.2, -0.15) is 0 Å². The average molecular weight is 365 g/mol. The van der Waals surface area contributed by atoms with Gasteiger partial charge in [-0.25, -0.2) is 4.79 Å². The second-order valence-corrected chi connectivity index (χ2v) is 6.49. The maximum absolute atomic E-state index is 12.7. The lowest BCUT2D eigenvalue weighted by Crippen LogP contribution is -2.42. The molecule has 6 nitrogen and oxygen atoms in total. The number of nitrogens with one attached hydrogen (secondary N) is 1. The first kappa shape index (κ1) is 22.0. The Morgan fingerprint density at radius 1 is 1.19 bits per heavy atom. The molecule has 0 saturated heterocycles. The third kappa shape index (κ3) is 6.02. The van der Waals surface area contributed by atoms with E-state index in [9.17, 15) is 9.59 Å². The van der Waals surface area contributed by atoms with Gasteiger partial charge in [0.05, 0.1) is 12.7 Å². The Morgan fingerprint density at radius 2 is 1.88 bits per heavy atom. The number of ether oxygens (including phenoxy) is 3. The fourth-order valence-electron chi connectivity index (χ4n) is 2.25. The van der Waals surface area contributed by atoms with Gasteiger partial charge >= 0.3 is 5.97 Å². The molecule has 6 heteroatoms. The van der Waals surface area contributed by atoms with E-state index in [0.29, 0.717) is 24.5 Å². The first-order valence-corrected chi connectivity index (χ1v) is 9.20. The molecule has 0 aliphatic heterocycles. The van der Waals surface area contributed by atoms with E-state index >= 15 is 0 Å². The summed E-state index contributed by atoms with van der Waals surface area (Å²) < 4.78 is 16.5. The van der Waals surface area contributed by atoms with Crippen LogP contribution in [0.2, 0.25) is 0 Å². The Hall–Kier alpha value is -2.08. The third-order valence-electron chi connectivity index (χ3n) is 3.88. The monoisotopic (exact) mass is 365 g/mol. The number of anilines is 1. The van der Waals surface area contributed by atoms with Crippen molar-refractivity contribution >= 4 is 17.6 Å². The minimum atomic E-state index is -0.923. The van der Waals surface area contributed by atoms with Crippen LogP contribution in [0, 0.1) is 0 Å². The molecule has 1 N–H and O–H groups in total. The predicted octanol–water partition coefficient (Wildman–Crippen LogP) is 4.18. The zero-order valence-electron chi connectivity index (χ0n) is 16.7.